The molecule has 2 aromatic rings. The van der Waals surface area contributed by atoms with Crippen molar-refractivity contribution in [2.24, 2.45) is 0 Å². The van der Waals surface area contributed by atoms with Gasteiger partial charge in [0.05, 0.1) is 19.6 Å². The van der Waals surface area contributed by atoms with Crippen molar-refractivity contribution in [3.05, 3.63) is 64.3 Å². The van der Waals surface area contributed by atoms with E-state index in [-0.39, 0.29) is 35.8 Å². The fourth-order valence-corrected chi connectivity index (χ4v) is 2.30. The minimum absolute atomic E-state index is 0.0430. The number of esters is 1. The number of hydrogen-bond donors (Lipinski definition) is 0. The van der Waals surface area contributed by atoms with Gasteiger partial charge in [0.1, 0.15) is 5.75 Å². The van der Waals surface area contributed by atoms with E-state index in [1.165, 1.54) is 12.1 Å². The maximum Gasteiger partial charge on any atom is 0.310 e. The van der Waals surface area contributed by atoms with Gasteiger partial charge in [0.2, 0.25) is 0 Å². The van der Waals surface area contributed by atoms with E-state index < -0.39 is 23.8 Å². The molecule has 0 radical (unpaired) electrons. The Labute approximate surface area is 149 Å². The lowest BCUT2D eigenvalue weighted by Gasteiger charge is -2.14. The predicted octanol–water partition coefficient (Wildman–Crippen LogP) is 5.52. The zero-order chi connectivity index (χ0) is 19.3. The van der Waals surface area contributed by atoms with E-state index >= 15 is 0 Å². The normalized spacial score (nSPS) is 10.5. The van der Waals surface area contributed by atoms with Crippen LogP contribution in [0.1, 0.15) is 30.0 Å². The van der Waals surface area contributed by atoms with Crippen LogP contribution in [-0.2, 0) is 16.0 Å². The molecular weight excluding hydrogens is 347 g/mol. The van der Waals surface area contributed by atoms with E-state index in [0.29, 0.717) is 5.56 Å². The summed E-state index contributed by atoms with van der Waals surface area (Å²) in [4.78, 5) is 14.7. The molecule has 0 heterocycles. The molecule has 4 nitrogen and oxygen atoms in total. The van der Waals surface area contributed by atoms with Crippen LogP contribution in [0.4, 0.5) is 18.9 Å². The van der Waals surface area contributed by atoms with Crippen molar-refractivity contribution >= 4 is 11.7 Å². The van der Waals surface area contributed by atoms with Gasteiger partial charge in [0.25, 0.3) is 6.43 Å². The quantitative estimate of drug-likeness (QED) is 0.501. The van der Waals surface area contributed by atoms with Crippen LogP contribution in [0.25, 0.3) is 4.85 Å². The number of halogens is 3. The number of aryl methyl sites for hydroxylation is 1. The highest BCUT2D eigenvalue weighted by atomic mass is 19.3. The molecule has 0 atom stereocenters. The minimum Gasteiger partial charge on any atom is -0.466 e. The molecule has 0 saturated carbocycles. The molecule has 0 saturated heterocycles. The number of benzene rings is 2. The zero-order valence-corrected chi connectivity index (χ0v) is 14.2. The maximum absolute atomic E-state index is 14.7. The van der Waals surface area contributed by atoms with Gasteiger partial charge in [-0.2, -0.15) is 0 Å². The average Bonchev–Trinajstić information content (AvgIpc) is 2.61. The third-order valence-corrected chi connectivity index (χ3v) is 3.53. The van der Waals surface area contributed by atoms with Crippen LogP contribution in [0, 0.1) is 19.3 Å². The summed E-state index contributed by atoms with van der Waals surface area (Å²) in [5.74, 6) is -1.63. The van der Waals surface area contributed by atoms with Gasteiger partial charge in [-0.25, -0.2) is 18.0 Å². The van der Waals surface area contributed by atoms with Crippen molar-refractivity contribution in [3.63, 3.8) is 0 Å². The first kappa shape index (κ1) is 19.3. The Hall–Kier alpha value is -3.01. The van der Waals surface area contributed by atoms with Gasteiger partial charge < -0.3 is 9.47 Å². The van der Waals surface area contributed by atoms with Crippen molar-refractivity contribution in [3.8, 4) is 11.5 Å². The van der Waals surface area contributed by atoms with E-state index in [2.05, 4.69) is 4.85 Å². The van der Waals surface area contributed by atoms with E-state index in [0.717, 1.165) is 12.1 Å². The molecule has 136 valence electrons. The number of alkyl halides is 2. The van der Waals surface area contributed by atoms with Gasteiger partial charge in [0, 0.05) is 11.1 Å². The lowest BCUT2D eigenvalue weighted by atomic mass is 10.1. The second kappa shape index (κ2) is 8.39. The molecule has 0 aliphatic carbocycles. The summed E-state index contributed by atoms with van der Waals surface area (Å²) in [6.45, 7) is 10.4. The highest BCUT2D eigenvalue weighted by Crippen LogP contribution is 2.35. The monoisotopic (exact) mass is 363 g/mol. The van der Waals surface area contributed by atoms with Crippen molar-refractivity contribution in [2.45, 2.75) is 26.7 Å². The van der Waals surface area contributed by atoms with Crippen LogP contribution in [0.15, 0.2) is 30.3 Å². The summed E-state index contributed by atoms with van der Waals surface area (Å²) in [7, 11) is 0. The summed E-state index contributed by atoms with van der Waals surface area (Å²) in [6, 6.07) is 6.34. The maximum atomic E-state index is 14.7. The fourth-order valence-electron chi connectivity index (χ4n) is 2.30. The summed E-state index contributed by atoms with van der Waals surface area (Å²) >= 11 is 0. The Morgan fingerprint density at radius 2 is 2.00 bits per heavy atom. The standard InChI is InChI=1S/C19H16F3NO3/c1-4-25-16(24)9-12-6-5-11(2)18(17(12)20)26-15-8-13(19(21)22)7-14(10-15)23-3/h5-8,10,19H,4,9H2,1-2H3. The minimum atomic E-state index is -2.79. The van der Waals surface area contributed by atoms with Crippen molar-refractivity contribution in [1.29, 1.82) is 0 Å². The Balaban J connectivity index is 2.39. The molecule has 0 spiro atoms. The van der Waals surface area contributed by atoms with Crippen LogP contribution >= 0.6 is 0 Å². The summed E-state index contributed by atoms with van der Waals surface area (Å²) in [6.07, 6.45) is -3.07. The third-order valence-electron chi connectivity index (χ3n) is 3.53. The number of carbonyl (C=O) groups is 1. The van der Waals surface area contributed by atoms with Crippen molar-refractivity contribution in [2.75, 3.05) is 6.61 Å². The molecule has 0 amide bonds. The van der Waals surface area contributed by atoms with E-state index in [4.69, 9.17) is 16.0 Å². The smallest absolute Gasteiger partial charge is 0.310 e. The predicted molar refractivity (Wildman–Crippen MR) is 89.2 cm³/mol. The van der Waals surface area contributed by atoms with Gasteiger partial charge in [-0.3, -0.25) is 4.79 Å². The highest BCUT2D eigenvalue weighted by molar-refractivity contribution is 5.73. The summed E-state index contributed by atoms with van der Waals surface area (Å²) in [5, 5.41) is 0. The average molecular weight is 363 g/mol. The van der Waals surface area contributed by atoms with Crippen LogP contribution in [0.2, 0.25) is 0 Å². The topological polar surface area (TPSA) is 39.9 Å². The third kappa shape index (κ3) is 4.54. The first-order valence-corrected chi connectivity index (χ1v) is 7.77. The van der Waals surface area contributed by atoms with Crippen molar-refractivity contribution < 1.29 is 27.4 Å². The molecule has 0 unspecified atom stereocenters. The van der Waals surface area contributed by atoms with Gasteiger partial charge in [0.15, 0.2) is 17.3 Å². The van der Waals surface area contributed by atoms with Gasteiger partial charge in [-0.15, -0.1) is 0 Å². The molecule has 0 aromatic heterocycles. The van der Waals surface area contributed by atoms with Gasteiger partial charge in [-0.05, 0) is 37.6 Å². The highest BCUT2D eigenvalue weighted by Gasteiger charge is 2.18. The lowest BCUT2D eigenvalue weighted by molar-refractivity contribution is -0.142. The summed E-state index contributed by atoms with van der Waals surface area (Å²) in [5.41, 5.74) is 0.0502. The van der Waals surface area contributed by atoms with Crippen LogP contribution < -0.4 is 4.74 Å². The molecule has 2 aromatic carbocycles. The van der Waals surface area contributed by atoms with Crippen molar-refractivity contribution in [1.82, 2.24) is 0 Å². The summed E-state index contributed by atoms with van der Waals surface area (Å²) < 4.78 is 50.9. The first-order chi connectivity index (χ1) is 12.3. The van der Waals surface area contributed by atoms with E-state index in [9.17, 15) is 18.0 Å². The number of nitrogens with zero attached hydrogens (tertiary/aromatic N) is 1. The van der Waals surface area contributed by atoms with Gasteiger partial charge >= 0.3 is 5.97 Å². The second-order valence-corrected chi connectivity index (χ2v) is 5.44. The molecule has 0 aliphatic heterocycles. The molecular formula is C19H16F3NO3. The molecule has 0 N–H and O–H groups in total. The number of rotatable bonds is 6. The molecule has 26 heavy (non-hydrogen) atoms. The number of hydrogen-bond acceptors (Lipinski definition) is 3. The molecule has 7 heteroatoms. The second-order valence-electron chi connectivity index (χ2n) is 5.44. The first-order valence-electron chi connectivity index (χ1n) is 7.77. The van der Waals surface area contributed by atoms with Crippen LogP contribution in [-0.4, -0.2) is 12.6 Å². The Morgan fingerprint density at radius 3 is 2.62 bits per heavy atom. The van der Waals surface area contributed by atoms with E-state index in [1.807, 2.05) is 0 Å². The largest absolute Gasteiger partial charge is 0.466 e. The number of carbonyl (C=O) groups excluding carboxylic acids is 1. The SMILES string of the molecule is [C-]#[N+]c1cc(Oc2c(C)ccc(CC(=O)OCC)c2F)cc(C(F)F)c1. The van der Waals surface area contributed by atoms with Gasteiger partial charge in [-0.1, -0.05) is 12.1 Å². The lowest BCUT2D eigenvalue weighted by Crippen LogP contribution is -2.09. The Bertz CT molecular complexity index is 860. The van der Waals surface area contributed by atoms with Crippen LogP contribution in [0.3, 0.4) is 0 Å². The molecule has 0 bridgehead atoms. The molecule has 0 aliphatic rings. The zero-order valence-electron chi connectivity index (χ0n) is 14.2. The van der Waals surface area contributed by atoms with E-state index in [1.54, 1.807) is 19.9 Å². The molecule has 0 fully saturated rings. The van der Waals surface area contributed by atoms with Crippen LogP contribution in [0.5, 0.6) is 11.5 Å². The Kier molecular flexibility index (Phi) is 6.23. The molecule has 2 rings (SSSR count). The Morgan fingerprint density at radius 1 is 1.27 bits per heavy atom. The fraction of sp³-hybridized carbons (Fsp3) is 0.263. The number of ether oxygens (including phenoxy) is 2.